The zero-order valence-electron chi connectivity index (χ0n) is 18.5. The molecule has 4 aliphatic rings. The van der Waals surface area contributed by atoms with E-state index < -0.39 is 0 Å². The highest BCUT2D eigenvalue weighted by molar-refractivity contribution is 6.05. The maximum atomic E-state index is 13.5. The summed E-state index contributed by atoms with van der Waals surface area (Å²) in [6.45, 7) is 4.67. The van der Waals surface area contributed by atoms with Crippen molar-refractivity contribution in [3.05, 3.63) is 47.1 Å². The maximum Gasteiger partial charge on any atom is 0.165 e. The number of methoxy groups -OCH3 is 1. The predicted molar refractivity (Wildman–Crippen MR) is 119 cm³/mol. The average molecular weight is 407 g/mol. The van der Waals surface area contributed by atoms with Crippen LogP contribution in [0.3, 0.4) is 0 Å². The van der Waals surface area contributed by atoms with Crippen molar-refractivity contribution < 1.29 is 14.6 Å². The van der Waals surface area contributed by atoms with E-state index in [1.807, 2.05) is 24.3 Å². The Morgan fingerprint density at radius 2 is 1.77 bits per heavy atom. The molecule has 3 heteroatoms. The van der Waals surface area contributed by atoms with Gasteiger partial charge in [-0.3, -0.25) is 4.79 Å². The summed E-state index contributed by atoms with van der Waals surface area (Å²) in [4.78, 5) is 13.5. The van der Waals surface area contributed by atoms with Gasteiger partial charge in [-0.2, -0.15) is 0 Å². The molecule has 0 spiro atoms. The van der Waals surface area contributed by atoms with Crippen molar-refractivity contribution in [1.29, 1.82) is 0 Å². The molecule has 0 amide bonds. The molecule has 0 bridgehead atoms. The van der Waals surface area contributed by atoms with E-state index in [-0.39, 0.29) is 16.9 Å². The van der Waals surface area contributed by atoms with Crippen LogP contribution in [0.1, 0.15) is 64.4 Å². The van der Waals surface area contributed by atoms with E-state index in [9.17, 15) is 9.90 Å². The number of benzene rings is 1. The van der Waals surface area contributed by atoms with Crippen molar-refractivity contribution in [3.63, 3.8) is 0 Å². The first-order chi connectivity index (χ1) is 14.3. The Morgan fingerprint density at radius 1 is 1.03 bits per heavy atom. The van der Waals surface area contributed by atoms with Crippen LogP contribution in [0, 0.1) is 28.6 Å². The van der Waals surface area contributed by atoms with E-state index in [1.54, 1.807) is 7.11 Å². The number of hydrogen-bond acceptors (Lipinski definition) is 3. The first kappa shape index (κ1) is 20.1. The summed E-state index contributed by atoms with van der Waals surface area (Å²) in [6.07, 6.45) is 11.4. The lowest BCUT2D eigenvalue weighted by atomic mass is 9.48. The maximum absolute atomic E-state index is 13.5. The molecule has 5 rings (SSSR count). The second-order valence-corrected chi connectivity index (χ2v) is 10.6. The van der Waals surface area contributed by atoms with E-state index in [0.29, 0.717) is 23.5 Å². The summed E-state index contributed by atoms with van der Waals surface area (Å²) in [5.41, 5.74) is 3.58. The number of fused-ring (bicyclic) bond motifs is 5. The third kappa shape index (κ3) is 2.92. The molecule has 0 heterocycles. The van der Waals surface area contributed by atoms with Crippen molar-refractivity contribution in [2.24, 2.45) is 28.6 Å². The van der Waals surface area contributed by atoms with E-state index >= 15 is 0 Å². The largest absolute Gasteiger partial charge is 0.497 e. The van der Waals surface area contributed by atoms with Gasteiger partial charge in [0.05, 0.1) is 13.2 Å². The number of carbonyl (C=O) groups is 1. The summed E-state index contributed by atoms with van der Waals surface area (Å²) in [5.74, 6) is 2.89. The summed E-state index contributed by atoms with van der Waals surface area (Å²) in [7, 11) is 1.67. The third-order valence-corrected chi connectivity index (χ3v) is 9.17. The molecule has 0 radical (unpaired) electrons. The topological polar surface area (TPSA) is 46.5 Å². The zero-order valence-corrected chi connectivity index (χ0v) is 18.5. The molecule has 1 N–H and O–H groups in total. The molecule has 0 unspecified atom stereocenters. The van der Waals surface area contributed by atoms with Crippen LogP contribution in [-0.2, 0) is 4.79 Å². The Bertz CT molecular complexity index is 911. The van der Waals surface area contributed by atoms with E-state index in [1.165, 1.54) is 5.57 Å². The third-order valence-electron chi connectivity index (χ3n) is 9.17. The first-order valence-electron chi connectivity index (χ1n) is 11.6. The Morgan fingerprint density at radius 3 is 2.50 bits per heavy atom. The van der Waals surface area contributed by atoms with Gasteiger partial charge in [-0.25, -0.2) is 0 Å². The molecule has 1 aromatic rings. The van der Waals surface area contributed by atoms with Gasteiger partial charge in [0.25, 0.3) is 0 Å². The van der Waals surface area contributed by atoms with Gasteiger partial charge in [-0.15, -0.1) is 0 Å². The fourth-order valence-corrected chi connectivity index (χ4v) is 7.34. The minimum Gasteiger partial charge on any atom is -0.497 e. The molecule has 3 nitrogen and oxygen atoms in total. The minimum atomic E-state index is -0.213. The lowest BCUT2D eigenvalue weighted by Crippen LogP contribution is -2.50. The number of allylic oxidation sites excluding steroid dienone is 2. The molecule has 6 atom stereocenters. The smallest absolute Gasteiger partial charge is 0.165 e. The Balaban J connectivity index is 1.45. The van der Waals surface area contributed by atoms with Crippen molar-refractivity contribution in [3.8, 4) is 5.75 Å². The average Bonchev–Trinajstić information content (AvgIpc) is 3.00. The number of aliphatic hydroxyl groups is 1. The highest BCUT2D eigenvalue weighted by Crippen LogP contribution is 2.64. The molecule has 0 aromatic heterocycles. The van der Waals surface area contributed by atoms with Gasteiger partial charge in [0.1, 0.15) is 5.75 Å². The molecular weight excluding hydrogens is 372 g/mol. The Labute approximate surface area is 180 Å². The normalized spacial score (nSPS) is 41.7. The molecule has 0 aliphatic heterocycles. The molecule has 3 fully saturated rings. The van der Waals surface area contributed by atoms with E-state index in [0.717, 1.165) is 61.8 Å². The van der Waals surface area contributed by atoms with Gasteiger partial charge in [-0.1, -0.05) is 37.6 Å². The summed E-state index contributed by atoms with van der Waals surface area (Å²) in [6, 6.07) is 8.00. The molecule has 160 valence electrons. The van der Waals surface area contributed by atoms with E-state index in [2.05, 4.69) is 26.0 Å². The fraction of sp³-hybridized carbons (Fsp3) is 0.593. The lowest BCUT2D eigenvalue weighted by molar-refractivity contribution is -0.130. The van der Waals surface area contributed by atoms with Gasteiger partial charge in [0.15, 0.2) is 5.78 Å². The molecular formula is C27H34O3. The van der Waals surface area contributed by atoms with Crippen LogP contribution in [-0.4, -0.2) is 24.1 Å². The highest BCUT2D eigenvalue weighted by atomic mass is 16.5. The number of Topliss-reactive ketones (excluding diaryl/α,β-unsaturated/α-hetero) is 1. The minimum absolute atomic E-state index is 0.165. The van der Waals surface area contributed by atoms with Crippen molar-refractivity contribution in [2.45, 2.75) is 64.9 Å². The van der Waals surface area contributed by atoms with Crippen molar-refractivity contribution in [2.75, 3.05) is 7.11 Å². The van der Waals surface area contributed by atoms with Crippen LogP contribution in [0.4, 0.5) is 0 Å². The summed E-state index contributed by atoms with van der Waals surface area (Å²) >= 11 is 0. The Kier molecular flexibility index (Phi) is 4.74. The van der Waals surface area contributed by atoms with Gasteiger partial charge in [-0.05, 0) is 97.5 Å². The zero-order chi connectivity index (χ0) is 21.1. The molecule has 0 saturated heterocycles. The van der Waals surface area contributed by atoms with Gasteiger partial charge in [0, 0.05) is 5.41 Å². The Hall–Kier alpha value is -1.87. The lowest BCUT2D eigenvalue weighted by Gasteiger charge is -2.56. The summed E-state index contributed by atoms with van der Waals surface area (Å²) in [5, 5.41) is 10.2. The standard InChI is InChI=1S/C27H34O3/c1-26-12-10-20(28)16-19(26)6-9-22-23(26)11-13-27(2)24(22)15-18(25(27)29)14-17-4-7-21(30-3)8-5-17/h4-8,14,20,22-24,28H,9-13,15-16H2,1-3H3/b18-14+/t20-,22+,23-,24-,26+,27+/m1/s1. The number of hydrogen-bond donors (Lipinski definition) is 1. The fourth-order valence-electron chi connectivity index (χ4n) is 7.34. The molecule has 3 saturated carbocycles. The number of aliphatic hydroxyl groups excluding tert-OH is 1. The number of rotatable bonds is 2. The highest BCUT2D eigenvalue weighted by Gasteiger charge is 2.59. The first-order valence-corrected chi connectivity index (χ1v) is 11.6. The van der Waals surface area contributed by atoms with Crippen LogP contribution in [0.2, 0.25) is 0 Å². The molecule has 1 aromatic carbocycles. The quantitative estimate of drug-likeness (QED) is 0.515. The van der Waals surface area contributed by atoms with Gasteiger partial charge >= 0.3 is 0 Å². The van der Waals surface area contributed by atoms with Crippen LogP contribution < -0.4 is 4.74 Å². The predicted octanol–water partition coefficient (Wildman–Crippen LogP) is 5.58. The van der Waals surface area contributed by atoms with Crippen molar-refractivity contribution in [1.82, 2.24) is 0 Å². The monoisotopic (exact) mass is 406 g/mol. The van der Waals surface area contributed by atoms with Crippen LogP contribution in [0.15, 0.2) is 41.5 Å². The number of ether oxygens (including phenoxy) is 1. The summed E-state index contributed by atoms with van der Waals surface area (Å²) < 4.78 is 5.26. The van der Waals surface area contributed by atoms with Crippen molar-refractivity contribution >= 4 is 11.9 Å². The second kappa shape index (κ2) is 7.09. The number of ketones is 1. The number of carbonyl (C=O) groups excluding carboxylic acids is 1. The SMILES string of the molecule is COc1ccc(/C=C2\C[C@@H]3[C@H]4CC=C5C[C@H](O)CC[C@]5(C)[C@@H]4CC[C@]3(C)C2=O)cc1. The molecule has 4 aliphatic carbocycles. The second-order valence-electron chi connectivity index (χ2n) is 10.6. The molecule has 30 heavy (non-hydrogen) atoms. The van der Waals surface area contributed by atoms with Crippen LogP contribution >= 0.6 is 0 Å². The van der Waals surface area contributed by atoms with E-state index in [4.69, 9.17) is 4.74 Å². The van der Waals surface area contributed by atoms with Gasteiger partial charge < -0.3 is 9.84 Å². The van der Waals surface area contributed by atoms with Crippen LogP contribution in [0.25, 0.3) is 6.08 Å². The van der Waals surface area contributed by atoms with Crippen LogP contribution in [0.5, 0.6) is 5.75 Å². The van der Waals surface area contributed by atoms with Gasteiger partial charge in [0.2, 0.25) is 0 Å².